The molecule has 0 aliphatic rings. The van der Waals surface area contributed by atoms with E-state index in [0.29, 0.717) is 0 Å². The molecule has 3 rings (SSSR count). The van der Waals surface area contributed by atoms with Crippen LogP contribution in [-0.4, -0.2) is 22.5 Å². The van der Waals surface area contributed by atoms with E-state index in [2.05, 4.69) is 54.6 Å². The molecular formula is C14H9Sn. The molecule has 0 spiro atoms. The number of hydrogen-bond donors (Lipinski definition) is 0. The van der Waals surface area contributed by atoms with Gasteiger partial charge in [-0.3, -0.25) is 0 Å². The van der Waals surface area contributed by atoms with Gasteiger partial charge >= 0.3 is 102 Å². The molecule has 0 aliphatic carbocycles. The second kappa shape index (κ2) is 3.53. The van der Waals surface area contributed by atoms with Gasteiger partial charge in [-0.1, -0.05) is 0 Å². The minimum atomic E-state index is 1.33. The standard InChI is InChI=1S/C14H9.Sn/c1-2-6-12-10-14-8-4-3-7-13(14)9-11(12)5-1;/h1-7,9-10H;. The number of benzene rings is 3. The Kier molecular flexibility index (Phi) is 2.17. The van der Waals surface area contributed by atoms with Crippen molar-refractivity contribution in [2.45, 2.75) is 0 Å². The van der Waals surface area contributed by atoms with Gasteiger partial charge in [-0.15, -0.1) is 0 Å². The van der Waals surface area contributed by atoms with Crippen LogP contribution in [-0.2, 0) is 0 Å². The summed E-state index contributed by atoms with van der Waals surface area (Å²) in [6, 6.07) is 19.6. The van der Waals surface area contributed by atoms with Gasteiger partial charge in [-0.05, 0) is 0 Å². The van der Waals surface area contributed by atoms with Crippen LogP contribution in [0.1, 0.15) is 0 Å². The van der Waals surface area contributed by atoms with Gasteiger partial charge in [0, 0.05) is 0 Å². The van der Waals surface area contributed by atoms with Crippen LogP contribution < -0.4 is 3.58 Å². The molecule has 0 fully saturated rings. The third-order valence-corrected chi connectivity index (χ3v) is 3.99. The Morgan fingerprint density at radius 2 is 1.33 bits per heavy atom. The summed E-state index contributed by atoms with van der Waals surface area (Å²) in [5.74, 6) is 0. The Morgan fingerprint density at radius 1 is 0.667 bits per heavy atom. The molecule has 0 atom stereocenters. The molecule has 0 bridgehead atoms. The van der Waals surface area contributed by atoms with Crippen molar-refractivity contribution in [3.05, 3.63) is 54.6 Å². The monoisotopic (exact) mass is 297 g/mol. The molecule has 0 unspecified atom stereocenters. The molecule has 0 amide bonds. The van der Waals surface area contributed by atoms with E-state index in [1.54, 1.807) is 0 Å². The second-order valence-electron chi connectivity index (χ2n) is 3.73. The van der Waals surface area contributed by atoms with E-state index < -0.39 is 0 Å². The quantitative estimate of drug-likeness (QED) is 0.442. The van der Waals surface area contributed by atoms with Crippen molar-refractivity contribution < 1.29 is 0 Å². The molecule has 0 aromatic heterocycles. The van der Waals surface area contributed by atoms with Crippen LogP contribution in [0, 0.1) is 0 Å². The van der Waals surface area contributed by atoms with Gasteiger partial charge in [0.15, 0.2) is 0 Å². The Morgan fingerprint density at radius 3 is 2.13 bits per heavy atom. The maximum absolute atomic E-state index is 2.30. The zero-order chi connectivity index (χ0) is 10.3. The van der Waals surface area contributed by atoms with Crippen molar-refractivity contribution in [2.75, 3.05) is 0 Å². The van der Waals surface area contributed by atoms with Crippen LogP contribution in [0.4, 0.5) is 0 Å². The molecule has 0 heterocycles. The van der Waals surface area contributed by atoms with Crippen LogP contribution in [0.2, 0.25) is 0 Å². The molecule has 0 saturated heterocycles. The molecule has 0 saturated carbocycles. The van der Waals surface area contributed by atoms with E-state index >= 15 is 0 Å². The van der Waals surface area contributed by atoms with Gasteiger partial charge in [-0.25, -0.2) is 0 Å². The van der Waals surface area contributed by atoms with Gasteiger partial charge in [0.05, 0.1) is 0 Å². The van der Waals surface area contributed by atoms with E-state index in [9.17, 15) is 0 Å². The van der Waals surface area contributed by atoms with E-state index in [1.807, 2.05) is 0 Å². The average Bonchev–Trinajstić information content (AvgIpc) is 2.27. The topological polar surface area (TPSA) is 0 Å². The molecule has 3 aromatic rings. The molecule has 15 heavy (non-hydrogen) atoms. The van der Waals surface area contributed by atoms with Crippen LogP contribution in [0.25, 0.3) is 21.5 Å². The van der Waals surface area contributed by atoms with Crippen LogP contribution in [0.15, 0.2) is 54.6 Å². The molecule has 69 valence electrons. The van der Waals surface area contributed by atoms with Gasteiger partial charge in [0.1, 0.15) is 0 Å². The second-order valence-corrected chi connectivity index (χ2v) is 5.26. The molecule has 0 nitrogen and oxygen atoms in total. The van der Waals surface area contributed by atoms with Gasteiger partial charge in [0.2, 0.25) is 0 Å². The zero-order valence-corrected chi connectivity index (χ0v) is 11.1. The summed E-state index contributed by atoms with van der Waals surface area (Å²) in [6.45, 7) is 0. The Hall–Kier alpha value is -1.02. The van der Waals surface area contributed by atoms with Crippen LogP contribution in [0.5, 0.6) is 0 Å². The fourth-order valence-corrected chi connectivity index (χ4v) is 2.86. The first-order valence-electron chi connectivity index (χ1n) is 4.98. The number of rotatable bonds is 0. The number of hydrogen-bond acceptors (Lipinski definition) is 0. The SMILES string of the molecule is [Sn][c]1cccc2cc3ccccc3cc12. The van der Waals surface area contributed by atoms with Crippen molar-refractivity contribution in [3.63, 3.8) is 0 Å². The maximum atomic E-state index is 2.30. The Bertz CT molecular complexity index is 641. The first-order chi connectivity index (χ1) is 7.34. The summed E-state index contributed by atoms with van der Waals surface area (Å²) in [7, 11) is 0. The summed E-state index contributed by atoms with van der Waals surface area (Å²) in [6.07, 6.45) is 0. The van der Waals surface area contributed by atoms with Crippen molar-refractivity contribution in [1.29, 1.82) is 0 Å². The molecule has 3 aromatic carbocycles. The molecular weight excluding hydrogens is 287 g/mol. The number of fused-ring (bicyclic) bond motifs is 2. The van der Waals surface area contributed by atoms with E-state index in [1.165, 1.54) is 47.6 Å². The molecule has 0 N–H and O–H groups in total. The van der Waals surface area contributed by atoms with Crippen molar-refractivity contribution in [2.24, 2.45) is 0 Å². The van der Waals surface area contributed by atoms with Crippen molar-refractivity contribution in [3.8, 4) is 0 Å². The average molecular weight is 296 g/mol. The molecule has 3 radical (unpaired) electrons. The van der Waals surface area contributed by atoms with Crippen molar-refractivity contribution >= 4 is 47.6 Å². The van der Waals surface area contributed by atoms with E-state index in [0.717, 1.165) is 0 Å². The van der Waals surface area contributed by atoms with Gasteiger partial charge in [0.25, 0.3) is 0 Å². The first kappa shape index (κ1) is 9.22. The van der Waals surface area contributed by atoms with Gasteiger partial charge < -0.3 is 0 Å². The Balaban J connectivity index is 2.53. The van der Waals surface area contributed by atoms with E-state index in [4.69, 9.17) is 0 Å². The zero-order valence-electron chi connectivity index (χ0n) is 8.20. The predicted molar refractivity (Wildman–Crippen MR) is 66.8 cm³/mol. The predicted octanol–water partition coefficient (Wildman–Crippen LogP) is 2.79. The summed E-state index contributed by atoms with van der Waals surface area (Å²) in [4.78, 5) is 0. The van der Waals surface area contributed by atoms with Crippen molar-refractivity contribution in [1.82, 2.24) is 0 Å². The van der Waals surface area contributed by atoms with E-state index in [-0.39, 0.29) is 0 Å². The molecule has 1 heteroatoms. The third-order valence-electron chi connectivity index (χ3n) is 2.75. The first-order valence-corrected chi connectivity index (χ1v) is 6.40. The van der Waals surface area contributed by atoms with Gasteiger partial charge in [-0.2, -0.15) is 0 Å². The summed E-state index contributed by atoms with van der Waals surface area (Å²) < 4.78 is 1.44. The summed E-state index contributed by atoms with van der Waals surface area (Å²) >= 11 is 1.48. The fourth-order valence-electron chi connectivity index (χ4n) is 1.97. The third kappa shape index (κ3) is 1.53. The van der Waals surface area contributed by atoms with Crippen LogP contribution in [0.3, 0.4) is 0 Å². The Labute approximate surface area is 102 Å². The molecule has 0 aliphatic heterocycles. The van der Waals surface area contributed by atoms with Crippen LogP contribution >= 0.6 is 0 Å². The summed E-state index contributed by atoms with van der Waals surface area (Å²) in [5, 5.41) is 5.41. The summed E-state index contributed by atoms with van der Waals surface area (Å²) in [5.41, 5.74) is 0. The minimum absolute atomic E-state index is 1.33. The normalized spacial score (nSPS) is 11.0. The fraction of sp³-hybridized carbons (Fsp3) is 0.